The highest BCUT2D eigenvalue weighted by atomic mass is 35.5. The molecular weight excluding hydrogens is 394 g/mol. The highest BCUT2D eigenvalue weighted by molar-refractivity contribution is 7.89. The lowest BCUT2D eigenvalue weighted by molar-refractivity contribution is 0.0981. The standard InChI is InChI=1S/C17H16ClN3O5S/c1-10(2)25-17-14(18)7-13(9-20-17)26-15-5-4-11(6-12(15)8-19)16(22)21-27(3,23)24/h4-7,9-10H,1-3H3,(H,21,22). The van der Waals surface area contributed by atoms with Crippen LogP contribution in [0.5, 0.6) is 17.4 Å². The number of ether oxygens (including phenoxy) is 2. The summed E-state index contributed by atoms with van der Waals surface area (Å²) in [6.07, 6.45) is 2.14. The minimum atomic E-state index is -3.72. The van der Waals surface area contributed by atoms with Gasteiger partial charge in [0.15, 0.2) is 0 Å². The number of pyridine rings is 1. The minimum absolute atomic E-state index is 0.00108. The summed E-state index contributed by atoms with van der Waals surface area (Å²) in [6.45, 7) is 3.67. The maximum Gasteiger partial charge on any atom is 0.264 e. The Morgan fingerprint density at radius 1 is 1.33 bits per heavy atom. The van der Waals surface area contributed by atoms with E-state index in [2.05, 4.69) is 4.98 Å². The van der Waals surface area contributed by atoms with Gasteiger partial charge in [-0.05, 0) is 32.0 Å². The van der Waals surface area contributed by atoms with Crippen molar-refractivity contribution < 1.29 is 22.7 Å². The van der Waals surface area contributed by atoms with Gasteiger partial charge in [-0.1, -0.05) is 11.6 Å². The molecule has 1 aromatic heterocycles. The van der Waals surface area contributed by atoms with E-state index in [9.17, 15) is 18.5 Å². The van der Waals surface area contributed by atoms with Gasteiger partial charge in [-0.25, -0.2) is 18.1 Å². The summed E-state index contributed by atoms with van der Waals surface area (Å²) < 4.78 is 35.2. The molecule has 2 rings (SSSR count). The summed E-state index contributed by atoms with van der Waals surface area (Å²) in [6, 6.07) is 7.31. The fraction of sp³-hybridized carbons (Fsp3) is 0.235. The molecule has 0 saturated heterocycles. The number of aromatic nitrogens is 1. The zero-order valence-electron chi connectivity index (χ0n) is 14.7. The quantitative estimate of drug-likeness (QED) is 0.778. The van der Waals surface area contributed by atoms with Gasteiger partial charge in [-0.2, -0.15) is 5.26 Å². The molecule has 10 heteroatoms. The van der Waals surface area contributed by atoms with Crippen LogP contribution in [-0.4, -0.2) is 31.7 Å². The van der Waals surface area contributed by atoms with Crippen molar-refractivity contribution >= 4 is 27.5 Å². The Hall–Kier alpha value is -2.83. The fourth-order valence-electron chi connectivity index (χ4n) is 1.98. The van der Waals surface area contributed by atoms with Gasteiger partial charge in [0.05, 0.1) is 24.1 Å². The Morgan fingerprint density at radius 2 is 2.04 bits per heavy atom. The van der Waals surface area contributed by atoms with Gasteiger partial charge in [0.2, 0.25) is 15.9 Å². The van der Waals surface area contributed by atoms with Crippen molar-refractivity contribution in [2.45, 2.75) is 20.0 Å². The number of hydrogen-bond donors (Lipinski definition) is 1. The molecular formula is C17H16ClN3O5S. The molecule has 1 amide bonds. The Labute approximate surface area is 161 Å². The topological polar surface area (TPSA) is 118 Å². The summed E-state index contributed by atoms with van der Waals surface area (Å²) in [5.41, 5.74) is 0.0379. The van der Waals surface area contributed by atoms with Gasteiger partial charge in [0.25, 0.3) is 5.91 Å². The minimum Gasteiger partial charge on any atom is -0.474 e. The van der Waals surface area contributed by atoms with Crippen LogP contribution in [0.15, 0.2) is 30.5 Å². The van der Waals surface area contributed by atoms with Gasteiger partial charge in [-0.3, -0.25) is 4.79 Å². The van der Waals surface area contributed by atoms with Crippen LogP contribution in [0.4, 0.5) is 0 Å². The van der Waals surface area contributed by atoms with Crippen molar-refractivity contribution in [1.82, 2.24) is 9.71 Å². The van der Waals surface area contributed by atoms with Crippen molar-refractivity contribution in [2.75, 3.05) is 6.26 Å². The molecule has 0 aliphatic carbocycles. The first-order valence-electron chi connectivity index (χ1n) is 7.65. The number of nitriles is 1. The van der Waals surface area contributed by atoms with Crippen LogP contribution in [0.1, 0.15) is 29.8 Å². The monoisotopic (exact) mass is 409 g/mol. The van der Waals surface area contributed by atoms with E-state index in [0.29, 0.717) is 0 Å². The molecule has 0 saturated carbocycles. The molecule has 0 radical (unpaired) electrons. The van der Waals surface area contributed by atoms with Crippen molar-refractivity contribution in [3.8, 4) is 23.4 Å². The number of nitrogens with one attached hydrogen (secondary N) is 1. The second-order valence-electron chi connectivity index (χ2n) is 5.75. The van der Waals surface area contributed by atoms with E-state index in [4.69, 9.17) is 21.1 Å². The summed E-state index contributed by atoms with van der Waals surface area (Å²) >= 11 is 6.10. The van der Waals surface area contributed by atoms with Gasteiger partial charge >= 0.3 is 0 Å². The molecule has 1 aromatic carbocycles. The Bertz CT molecular complexity index is 1020. The van der Waals surface area contributed by atoms with Crippen molar-refractivity contribution in [3.05, 3.63) is 46.6 Å². The van der Waals surface area contributed by atoms with Crippen LogP contribution < -0.4 is 14.2 Å². The second kappa shape index (κ2) is 8.24. The van der Waals surface area contributed by atoms with E-state index in [1.54, 1.807) is 0 Å². The van der Waals surface area contributed by atoms with Gasteiger partial charge < -0.3 is 9.47 Å². The molecule has 0 unspecified atom stereocenters. The van der Waals surface area contributed by atoms with Gasteiger partial charge in [0.1, 0.15) is 22.6 Å². The Morgan fingerprint density at radius 3 is 2.59 bits per heavy atom. The Balaban J connectivity index is 2.26. The molecule has 0 spiro atoms. The van der Waals surface area contributed by atoms with Crippen molar-refractivity contribution in [1.29, 1.82) is 5.26 Å². The zero-order chi connectivity index (χ0) is 20.2. The number of sulfonamides is 1. The van der Waals surface area contributed by atoms with Gasteiger partial charge in [0, 0.05) is 11.6 Å². The molecule has 2 aromatic rings. The number of amides is 1. The van der Waals surface area contributed by atoms with Crippen LogP contribution in [0.2, 0.25) is 5.02 Å². The molecule has 142 valence electrons. The SMILES string of the molecule is CC(C)Oc1ncc(Oc2ccc(C(=O)NS(C)(=O)=O)cc2C#N)cc1Cl. The first-order valence-corrected chi connectivity index (χ1v) is 9.92. The number of halogens is 1. The molecule has 1 heterocycles. The lowest BCUT2D eigenvalue weighted by atomic mass is 10.1. The summed E-state index contributed by atoms with van der Waals surface area (Å²) in [5, 5.41) is 9.53. The first kappa shape index (κ1) is 20.5. The normalized spacial score (nSPS) is 11.0. The van der Waals surface area contributed by atoms with Crippen LogP contribution in [0.25, 0.3) is 0 Å². The average molecular weight is 410 g/mol. The first-order chi connectivity index (χ1) is 12.6. The summed E-state index contributed by atoms with van der Waals surface area (Å²) in [7, 11) is -3.72. The average Bonchev–Trinajstić information content (AvgIpc) is 2.55. The van der Waals surface area contributed by atoms with E-state index >= 15 is 0 Å². The maximum atomic E-state index is 11.9. The predicted octanol–water partition coefficient (Wildman–Crippen LogP) is 2.88. The molecule has 0 aliphatic heterocycles. The third kappa shape index (κ3) is 5.84. The van der Waals surface area contributed by atoms with Crippen LogP contribution in [0.3, 0.4) is 0 Å². The summed E-state index contributed by atoms with van der Waals surface area (Å²) in [5.74, 6) is -0.169. The number of benzene rings is 1. The molecule has 1 N–H and O–H groups in total. The largest absolute Gasteiger partial charge is 0.474 e. The Kier molecular flexibility index (Phi) is 6.25. The molecule has 8 nitrogen and oxygen atoms in total. The molecule has 0 aliphatic rings. The predicted molar refractivity (Wildman–Crippen MR) is 98.6 cm³/mol. The zero-order valence-corrected chi connectivity index (χ0v) is 16.3. The smallest absolute Gasteiger partial charge is 0.264 e. The summed E-state index contributed by atoms with van der Waals surface area (Å²) in [4.78, 5) is 15.9. The molecule has 0 bridgehead atoms. The van der Waals surface area contributed by atoms with Crippen molar-refractivity contribution in [2.24, 2.45) is 0 Å². The van der Waals surface area contributed by atoms with E-state index < -0.39 is 15.9 Å². The van der Waals surface area contributed by atoms with Crippen molar-refractivity contribution in [3.63, 3.8) is 0 Å². The lowest BCUT2D eigenvalue weighted by Gasteiger charge is -2.12. The lowest BCUT2D eigenvalue weighted by Crippen LogP contribution is -2.29. The third-order valence-electron chi connectivity index (χ3n) is 3.00. The van der Waals surface area contributed by atoms with E-state index in [0.717, 1.165) is 6.26 Å². The molecule has 0 atom stereocenters. The number of carbonyl (C=O) groups excluding carboxylic acids is 1. The highest BCUT2D eigenvalue weighted by Crippen LogP contribution is 2.31. The van der Waals surface area contributed by atoms with Crippen LogP contribution in [0, 0.1) is 11.3 Å². The maximum absolute atomic E-state index is 11.9. The number of hydrogen-bond acceptors (Lipinski definition) is 7. The van der Waals surface area contributed by atoms with Crippen LogP contribution in [-0.2, 0) is 10.0 Å². The second-order valence-corrected chi connectivity index (χ2v) is 7.91. The third-order valence-corrected chi connectivity index (χ3v) is 3.82. The van der Waals surface area contributed by atoms with E-state index in [-0.39, 0.29) is 39.6 Å². The highest BCUT2D eigenvalue weighted by Gasteiger charge is 2.15. The molecule has 27 heavy (non-hydrogen) atoms. The van der Waals surface area contributed by atoms with E-state index in [1.165, 1.54) is 30.5 Å². The molecule has 0 fully saturated rings. The van der Waals surface area contributed by atoms with E-state index in [1.807, 2.05) is 24.6 Å². The number of rotatable bonds is 6. The number of nitrogens with zero attached hydrogens (tertiary/aromatic N) is 2. The number of carbonyl (C=O) groups is 1. The van der Waals surface area contributed by atoms with Crippen LogP contribution >= 0.6 is 11.6 Å². The van der Waals surface area contributed by atoms with Gasteiger partial charge in [-0.15, -0.1) is 0 Å². The fourth-order valence-corrected chi connectivity index (χ4v) is 2.63.